The second-order valence-corrected chi connectivity index (χ2v) is 5.83. The topological polar surface area (TPSA) is 64.4 Å². The number of hydrogen-bond donors (Lipinski definition) is 1. The van der Waals surface area contributed by atoms with Gasteiger partial charge in [-0.15, -0.1) is 0 Å². The Bertz CT molecular complexity index is 959. The zero-order valence-electron chi connectivity index (χ0n) is 13.6. The van der Waals surface area contributed by atoms with Crippen LogP contribution in [-0.2, 0) is 6.61 Å². The van der Waals surface area contributed by atoms with Crippen molar-refractivity contribution in [2.24, 2.45) is 0 Å². The van der Waals surface area contributed by atoms with Crippen LogP contribution in [0.1, 0.15) is 21.8 Å². The van der Waals surface area contributed by atoms with Gasteiger partial charge in [0.25, 0.3) is 5.91 Å². The SMILES string of the molecule is Cc1onc(C(=O)Nc2ccc(F)cc2F)c1COc1cccc(Cl)c1. The molecule has 0 saturated carbocycles. The van der Waals surface area contributed by atoms with E-state index in [-0.39, 0.29) is 18.0 Å². The van der Waals surface area contributed by atoms with Crippen molar-refractivity contribution in [2.75, 3.05) is 5.32 Å². The minimum Gasteiger partial charge on any atom is -0.489 e. The van der Waals surface area contributed by atoms with Gasteiger partial charge in [-0.05, 0) is 37.3 Å². The molecule has 2 aromatic carbocycles. The molecule has 0 aliphatic carbocycles. The van der Waals surface area contributed by atoms with Gasteiger partial charge in [-0.2, -0.15) is 0 Å². The number of anilines is 1. The maximum Gasteiger partial charge on any atom is 0.278 e. The molecule has 8 heteroatoms. The minimum absolute atomic E-state index is 0.00429. The summed E-state index contributed by atoms with van der Waals surface area (Å²) in [5, 5.41) is 6.54. The molecule has 5 nitrogen and oxygen atoms in total. The highest BCUT2D eigenvalue weighted by Crippen LogP contribution is 2.22. The van der Waals surface area contributed by atoms with Crippen molar-refractivity contribution >= 4 is 23.2 Å². The monoisotopic (exact) mass is 378 g/mol. The van der Waals surface area contributed by atoms with Crippen LogP contribution in [0, 0.1) is 18.6 Å². The predicted octanol–water partition coefficient (Wildman–Crippen LogP) is 4.75. The fourth-order valence-corrected chi connectivity index (χ4v) is 2.40. The van der Waals surface area contributed by atoms with Gasteiger partial charge in [0.2, 0.25) is 0 Å². The Labute approximate surface area is 152 Å². The van der Waals surface area contributed by atoms with Gasteiger partial charge in [-0.3, -0.25) is 4.79 Å². The standard InChI is InChI=1S/C18H13ClF2N2O3/c1-10-14(9-25-13-4-2-3-11(19)7-13)17(23-26-10)18(24)22-16-6-5-12(20)8-15(16)21/h2-8H,9H2,1H3,(H,22,24). The second-order valence-electron chi connectivity index (χ2n) is 5.39. The molecule has 0 saturated heterocycles. The number of nitrogens with one attached hydrogen (secondary N) is 1. The molecule has 0 radical (unpaired) electrons. The largest absolute Gasteiger partial charge is 0.489 e. The number of benzene rings is 2. The Hall–Kier alpha value is -2.93. The normalized spacial score (nSPS) is 10.6. The molecule has 134 valence electrons. The molecule has 0 fully saturated rings. The Morgan fingerprint density at radius 1 is 1.27 bits per heavy atom. The molecule has 26 heavy (non-hydrogen) atoms. The lowest BCUT2D eigenvalue weighted by atomic mass is 10.2. The highest BCUT2D eigenvalue weighted by Gasteiger charge is 2.21. The molecule has 1 amide bonds. The van der Waals surface area contributed by atoms with Crippen LogP contribution in [0.4, 0.5) is 14.5 Å². The maximum absolute atomic E-state index is 13.7. The van der Waals surface area contributed by atoms with E-state index in [1.165, 1.54) is 0 Å². The van der Waals surface area contributed by atoms with E-state index in [1.54, 1.807) is 31.2 Å². The number of halogens is 3. The summed E-state index contributed by atoms with van der Waals surface area (Å²) >= 11 is 5.90. The molecular formula is C18H13ClF2N2O3. The van der Waals surface area contributed by atoms with Crippen molar-refractivity contribution in [2.45, 2.75) is 13.5 Å². The first-order chi connectivity index (χ1) is 12.4. The van der Waals surface area contributed by atoms with Gasteiger partial charge in [-0.25, -0.2) is 8.78 Å². The van der Waals surface area contributed by atoms with Crippen molar-refractivity contribution < 1.29 is 22.8 Å². The number of hydrogen-bond acceptors (Lipinski definition) is 4. The van der Waals surface area contributed by atoms with Gasteiger partial charge < -0.3 is 14.6 Å². The van der Waals surface area contributed by atoms with Crippen LogP contribution in [0.15, 0.2) is 47.0 Å². The fraction of sp³-hybridized carbons (Fsp3) is 0.111. The van der Waals surface area contributed by atoms with E-state index in [4.69, 9.17) is 20.9 Å². The number of ether oxygens (including phenoxy) is 1. The van der Waals surface area contributed by atoms with Crippen molar-refractivity contribution in [1.82, 2.24) is 5.16 Å². The number of nitrogens with zero attached hydrogens (tertiary/aromatic N) is 1. The first kappa shape index (κ1) is 17.9. The van der Waals surface area contributed by atoms with Crippen LogP contribution in [0.3, 0.4) is 0 Å². The average Bonchev–Trinajstić information content (AvgIpc) is 2.96. The van der Waals surface area contributed by atoms with E-state index < -0.39 is 17.5 Å². The molecule has 1 heterocycles. The highest BCUT2D eigenvalue weighted by atomic mass is 35.5. The third kappa shape index (κ3) is 4.00. The Morgan fingerprint density at radius 2 is 2.08 bits per heavy atom. The molecule has 0 bridgehead atoms. The summed E-state index contributed by atoms with van der Waals surface area (Å²) in [7, 11) is 0. The summed E-state index contributed by atoms with van der Waals surface area (Å²) in [5.74, 6) is -1.44. The summed E-state index contributed by atoms with van der Waals surface area (Å²) < 4.78 is 37.3. The van der Waals surface area contributed by atoms with Gasteiger partial charge in [0, 0.05) is 11.1 Å². The van der Waals surface area contributed by atoms with E-state index in [9.17, 15) is 13.6 Å². The Morgan fingerprint density at radius 3 is 2.81 bits per heavy atom. The van der Waals surface area contributed by atoms with Gasteiger partial charge in [0.15, 0.2) is 5.69 Å². The third-order valence-corrected chi connectivity index (χ3v) is 3.79. The molecule has 0 aliphatic rings. The molecule has 0 atom stereocenters. The fourth-order valence-electron chi connectivity index (χ4n) is 2.22. The highest BCUT2D eigenvalue weighted by molar-refractivity contribution is 6.30. The second kappa shape index (κ2) is 7.53. The van der Waals surface area contributed by atoms with Crippen LogP contribution >= 0.6 is 11.6 Å². The number of rotatable bonds is 5. The van der Waals surface area contributed by atoms with Gasteiger partial charge >= 0.3 is 0 Å². The lowest BCUT2D eigenvalue weighted by molar-refractivity contribution is 0.101. The minimum atomic E-state index is -0.893. The molecule has 0 unspecified atom stereocenters. The maximum atomic E-state index is 13.7. The van der Waals surface area contributed by atoms with Crippen LogP contribution in [0.25, 0.3) is 0 Å². The average molecular weight is 379 g/mol. The number of aromatic nitrogens is 1. The summed E-state index contributed by atoms with van der Waals surface area (Å²) in [5.41, 5.74) is 0.192. The van der Waals surface area contributed by atoms with Crippen molar-refractivity contribution in [3.8, 4) is 5.75 Å². The van der Waals surface area contributed by atoms with E-state index in [2.05, 4.69) is 10.5 Å². The quantitative estimate of drug-likeness (QED) is 0.696. The molecule has 3 rings (SSSR count). The van der Waals surface area contributed by atoms with Crippen molar-refractivity contribution in [3.63, 3.8) is 0 Å². The van der Waals surface area contributed by atoms with Gasteiger partial charge in [0.05, 0.1) is 11.3 Å². The Balaban J connectivity index is 1.77. The molecule has 1 aromatic heterocycles. The summed E-state index contributed by atoms with van der Waals surface area (Å²) in [4.78, 5) is 12.4. The van der Waals surface area contributed by atoms with E-state index >= 15 is 0 Å². The van der Waals surface area contributed by atoms with Crippen molar-refractivity contribution in [3.05, 3.63) is 76.1 Å². The first-order valence-corrected chi connectivity index (χ1v) is 7.92. The molecule has 3 aromatic rings. The summed E-state index contributed by atoms with van der Waals surface area (Å²) in [6, 6.07) is 9.60. The van der Waals surface area contributed by atoms with E-state index in [0.29, 0.717) is 28.2 Å². The predicted molar refractivity (Wildman–Crippen MR) is 91.3 cm³/mol. The number of aryl methyl sites for hydroxylation is 1. The lowest BCUT2D eigenvalue weighted by Crippen LogP contribution is -2.16. The van der Waals surface area contributed by atoms with Crippen LogP contribution in [0.2, 0.25) is 5.02 Å². The Kier molecular flexibility index (Phi) is 5.18. The van der Waals surface area contributed by atoms with Gasteiger partial charge in [0.1, 0.15) is 29.8 Å². The van der Waals surface area contributed by atoms with Crippen molar-refractivity contribution in [1.29, 1.82) is 0 Å². The zero-order valence-corrected chi connectivity index (χ0v) is 14.3. The van der Waals surface area contributed by atoms with E-state index in [0.717, 1.165) is 12.1 Å². The first-order valence-electron chi connectivity index (χ1n) is 7.54. The van der Waals surface area contributed by atoms with Gasteiger partial charge in [-0.1, -0.05) is 22.8 Å². The molecular weight excluding hydrogens is 366 g/mol. The van der Waals surface area contributed by atoms with E-state index in [1.807, 2.05) is 0 Å². The molecule has 0 aliphatic heterocycles. The van der Waals surface area contributed by atoms with Crippen LogP contribution < -0.4 is 10.1 Å². The number of amides is 1. The van der Waals surface area contributed by atoms with Crippen LogP contribution in [-0.4, -0.2) is 11.1 Å². The smallest absolute Gasteiger partial charge is 0.278 e. The summed E-state index contributed by atoms with van der Waals surface area (Å²) in [6.45, 7) is 1.63. The molecule has 1 N–H and O–H groups in total. The summed E-state index contributed by atoms with van der Waals surface area (Å²) in [6.07, 6.45) is 0. The number of carbonyl (C=O) groups excluding carboxylic acids is 1. The van der Waals surface area contributed by atoms with Crippen LogP contribution in [0.5, 0.6) is 5.75 Å². The molecule has 0 spiro atoms. The lowest BCUT2D eigenvalue weighted by Gasteiger charge is -2.08. The number of carbonyl (C=O) groups is 1. The zero-order chi connectivity index (χ0) is 18.7. The third-order valence-electron chi connectivity index (χ3n) is 3.56.